The van der Waals surface area contributed by atoms with Gasteiger partial charge in [-0.05, 0) is 77.9 Å². The minimum Gasteiger partial charge on any atom is -0.325 e. The molecule has 0 spiro atoms. The molecular weight excluding hydrogens is 705 g/mol. The first-order chi connectivity index (χ1) is 22.3. The second-order valence-corrected chi connectivity index (χ2v) is 12.8. The summed E-state index contributed by atoms with van der Waals surface area (Å²) in [6.07, 6.45) is 1.47. The van der Waals surface area contributed by atoms with Crippen molar-refractivity contribution in [3.63, 3.8) is 0 Å². The van der Waals surface area contributed by atoms with E-state index in [2.05, 4.69) is 31.9 Å². The molecule has 1 atom stereocenters. The smallest absolute Gasteiger partial charge is 0.272 e. The van der Waals surface area contributed by atoms with Crippen LogP contribution < -0.4 is 16.0 Å². The Kier molecular flexibility index (Phi) is 11.3. The highest BCUT2D eigenvalue weighted by atomic mass is 79.9. The monoisotopic (exact) mass is 729 g/mol. The second-order valence-electron chi connectivity index (χ2n) is 9.91. The highest BCUT2D eigenvalue weighted by Gasteiger charge is 2.23. The first-order valence-corrected chi connectivity index (χ1v) is 16.4. The predicted molar refractivity (Wildman–Crippen MR) is 191 cm³/mol. The summed E-state index contributed by atoms with van der Waals surface area (Å²) in [6.45, 7) is 0. The Morgan fingerprint density at radius 3 is 2.11 bits per heavy atom. The number of thioether (sulfide) groups is 1. The van der Waals surface area contributed by atoms with Crippen LogP contribution in [0, 0.1) is 0 Å². The lowest BCUT2D eigenvalue weighted by Gasteiger charge is -2.18. The minimum atomic E-state index is -0.582. The number of benzene rings is 5. The molecule has 230 valence electrons. The summed E-state index contributed by atoms with van der Waals surface area (Å²) in [7, 11) is 0. The molecule has 10 heteroatoms. The SMILES string of the molecule is O=C(Nc1cccc(SC(C(=O)Nc2ccc(Br)cc2)c2ccccc2)c1)/C(=C\c1cccc(Cl)c1Cl)NC(=O)c1ccccc1. The third-order valence-electron chi connectivity index (χ3n) is 6.61. The minimum absolute atomic E-state index is 0.0351. The fraction of sp³-hybridized carbons (Fsp3) is 0.0278. The zero-order chi connectivity index (χ0) is 32.5. The van der Waals surface area contributed by atoms with E-state index in [1.807, 2.05) is 60.7 Å². The zero-order valence-electron chi connectivity index (χ0n) is 24.0. The number of carbonyl (C=O) groups excluding carboxylic acids is 3. The van der Waals surface area contributed by atoms with Crippen molar-refractivity contribution in [2.24, 2.45) is 0 Å². The van der Waals surface area contributed by atoms with Gasteiger partial charge >= 0.3 is 0 Å². The van der Waals surface area contributed by atoms with E-state index in [-0.39, 0.29) is 16.6 Å². The van der Waals surface area contributed by atoms with Crippen molar-refractivity contribution >= 4 is 86.1 Å². The average molecular weight is 731 g/mol. The number of anilines is 2. The Bertz CT molecular complexity index is 1890. The van der Waals surface area contributed by atoms with Gasteiger partial charge in [-0.25, -0.2) is 0 Å². The van der Waals surface area contributed by atoms with Crippen molar-refractivity contribution in [3.05, 3.63) is 164 Å². The summed E-state index contributed by atoms with van der Waals surface area (Å²) in [6, 6.07) is 37.6. The van der Waals surface area contributed by atoms with Gasteiger partial charge in [-0.2, -0.15) is 0 Å². The molecule has 3 N–H and O–H groups in total. The summed E-state index contributed by atoms with van der Waals surface area (Å²) in [5.41, 5.74) is 2.76. The molecule has 5 aromatic carbocycles. The van der Waals surface area contributed by atoms with Gasteiger partial charge in [-0.15, -0.1) is 11.8 Å². The number of rotatable bonds is 10. The Labute approximate surface area is 289 Å². The molecule has 0 saturated heterocycles. The molecule has 3 amide bonds. The number of amides is 3. The van der Waals surface area contributed by atoms with Crippen molar-refractivity contribution in [3.8, 4) is 0 Å². The Balaban J connectivity index is 1.39. The molecule has 0 saturated carbocycles. The van der Waals surface area contributed by atoms with Crippen molar-refractivity contribution in [1.29, 1.82) is 0 Å². The van der Waals surface area contributed by atoms with Crippen LogP contribution in [0.15, 0.2) is 142 Å². The molecule has 6 nitrogen and oxygen atoms in total. The molecule has 0 fully saturated rings. The lowest BCUT2D eigenvalue weighted by atomic mass is 10.1. The van der Waals surface area contributed by atoms with E-state index in [0.717, 1.165) is 14.9 Å². The van der Waals surface area contributed by atoms with Gasteiger partial charge in [0.25, 0.3) is 11.8 Å². The van der Waals surface area contributed by atoms with Gasteiger partial charge < -0.3 is 16.0 Å². The fourth-order valence-corrected chi connectivity index (χ4v) is 6.06. The van der Waals surface area contributed by atoms with Crippen LogP contribution in [-0.4, -0.2) is 17.7 Å². The zero-order valence-corrected chi connectivity index (χ0v) is 28.0. The van der Waals surface area contributed by atoms with Crippen molar-refractivity contribution in [2.45, 2.75) is 10.1 Å². The molecular formula is C36H26BrCl2N3O3S. The van der Waals surface area contributed by atoms with E-state index in [4.69, 9.17) is 23.2 Å². The van der Waals surface area contributed by atoms with Crippen LogP contribution in [0.25, 0.3) is 6.08 Å². The van der Waals surface area contributed by atoms with Gasteiger partial charge in [-0.3, -0.25) is 14.4 Å². The Morgan fingerprint density at radius 2 is 1.39 bits per heavy atom. The van der Waals surface area contributed by atoms with E-state index in [1.54, 1.807) is 66.7 Å². The number of carbonyl (C=O) groups is 3. The summed E-state index contributed by atoms with van der Waals surface area (Å²) in [5.74, 6) is -1.23. The fourth-order valence-electron chi connectivity index (χ4n) is 4.35. The van der Waals surface area contributed by atoms with Crippen LogP contribution in [0.1, 0.15) is 26.7 Å². The largest absolute Gasteiger partial charge is 0.325 e. The van der Waals surface area contributed by atoms with Crippen molar-refractivity contribution in [1.82, 2.24) is 5.32 Å². The molecule has 0 heterocycles. The van der Waals surface area contributed by atoms with E-state index in [9.17, 15) is 14.4 Å². The van der Waals surface area contributed by atoms with Crippen LogP contribution in [-0.2, 0) is 9.59 Å². The summed E-state index contributed by atoms with van der Waals surface area (Å²) in [5, 5.41) is 8.54. The normalized spacial score (nSPS) is 11.8. The first kappa shape index (κ1) is 33.0. The summed E-state index contributed by atoms with van der Waals surface area (Å²) < 4.78 is 0.909. The van der Waals surface area contributed by atoms with E-state index in [1.165, 1.54) is 17.8 Å². The van der Waals surface area contributed by atoms with Crippen LogP contribution in [0.3, 0.4) is 0 Å². The molecule has 0 aliphatic heterocycles. The third kappa shape index (κ3) is 8.89. The lowest BCUT2D eigenvalue weighted by molar-refractivity contribution is -0.116. The highest BCUT2D eigenvalue weighted by Crippen LogP contribution is 2.37. The molecule has 0 aliphatic rings. The van der Waals surface area contributed by atoms with Gasteiger partial charge in [0, 0.05) is 26.3 Å². The summed E-state index contributed by atoms with van der Waals surface area (Å²) >= 11 is 17.4. The Morgan fingerprint density at radius 1 is 0.717 bits per heavy atom. The molecule has 1 unspecified atom stereocenters. The van der Waals surface area contributed by atoms with Crippen LogP contribution >= 0.6 is 50.9 Å². The molecule has 0 radical (unpaired) electrons. The van der Waals surface area contributed by atoms with Crippen LogP contribution in [0.2, 0.25) is 10.0 Å². The van der Waals surface area contributed by atoms with E-state index in [0.29, 0.717) is 27.5 Å². The lowest BCUT2D eigenvalue weighted by Crippen LogP contribution is -2.30. The average Bonchev–Trinajstić information content (AvgIpc) is 3.07. The Hall–Kier alpha value is -4.34. The topological polar surface area (TPSA) is 87.3 Å². The van der Waals surface area contributed by atoms with Crippen LogP contribution in [0.4, 0.5) is 11.4 Å². The summed E-state index contributed by atoms with van der Waals surface area (Å²) in [4.78, 5) is 40.9. The standard InChI is InChI=1S/C36H26BrCl2N3O3S/c37-26-17-19-27(20-18-26)40-36(45)33(23-9-3-1-4-10-23)46-29-15-8-14-28(22-29)41-35(44)31(21-25-13-7-16-30(38)32(25)39)42-34(43)24-11-5-2-6-12-24/h1-22,33H,(H,40,45)(H,41,44)(H,42,43)/b31-21+. The van der Waals surface area contributed by atoms with Gasteiger partial charge in [0.2, 0.25) is 5.91 Å². The molecule has 0 aliphatic carbocycles. The number of halogens is 3. The van der Waals surface area contributed by atoms with Crippen LogP contribution in [0.5, 0.6) is 0 Å². The van der Waals surface area contributed by atoms with Gasteiger partial charge in [0.1, 0.15) is 10.9 Å². The van der Waals surface area contributed by atoms with Gasteiger partial charge in [-0.1, -0.05) is 106 Å². The third-order valence-corrected chi connectivity index (χ3v) is 9.22. The van der Waals surface area contributed by atoms with Gasteiger partial charge in [0.15, 0.2) is 0 Å². The number of hydrogen-bond acceptors (Lipinski definition) is 4. The molecule has 5 aromatic rings. The molecule has 0 aromatic heterocycles. The maximum absolute atomic E-state index is 13.6. The quantitative estimate of drug-likeness (QED) is 0.0987. The second kappa shape index (κ2) is 15.8. The highest BCUT2D eigenvalue weighted by molar-refractivity contribution is 9.10. The van der Waals surface area contributed by atoms with E-state index >= 15 is 0 Å². The van der Waals surface area contributed by atoms with E-state index < -0.39 is 17.1 Å². The molecule has 0 bridgehead atoms. The number of nitrogens with one attached hydrogen (secondary N) is 3. The van der Waals surface area contributed by atoms with Gasteiger partial charge in [0.05, 0.1) is 10.0 Å². The van der Waals surface area contributed by atoms with Crippen molar-refractivity contribution < 1.29 is 14.4 Å². The molecule has 5 rings (SSSR count). The maximum Gasteiger partial charge on any atom is 0.272 e. The van der Waals surface area contributed by atoms with Crippen molar-refractivity contribution in [2.75, 3.05) is 10.6 Å². The number of hydrogen-bond donors (Lipinski definition) is 3. The predicted octanol–water partition coefficient (Wildman–Crippen LogP) is 9.64. The first-order valence-electron chi connectivity index (χ1n) is 14.0. The molecule has 46 heavy (non-hydrogen) atoms. The maximum atomic E-state index is 13.6.